The zero-order valence-electron chi connectivity index (χ0n) is 10.8. The van der Waals surface area contributed by atoms with Crippen LogP contribution in [-0.4, -0.2) is 25.5 Å². The SMILES string of the molecule is Cc1coc2c1C(=O)O/C(=C\CCC1OCCO1)C2. The Morgan fingerprint density at radius 3 is 2.95 bits per heavy atom. The molecule has 0 aliphatic carbocycles. The summed E-state index contributed by atoms with van der Waals surface area (Å²) in [4.78, 5) is 11.8. The van der Waals surface area contributed by atoms with Crippen molar-refractivity contribution < 1.29 is 23.4 Å². The van der Waals surface area contributed by atoms with Gasteiger partial charge in [0, 0.05) is 12.0 Å². The number of fused-ring (bicyclic) bond motifs is 1. The first-order chi connectivity index (χ1) is 9.24. The molecule has 1 aromatic heterocycles. The molecule has 3 heterocycles. The third kappa shape index (κ3) is 2.57. The fourth-order valence-electron chi connectivity index (χ4n) is 2.33. The molecule has 2 aliphatic rings. The van der Waals surface area contributed by atoms with E-state index in [4.69, 9.17) is 18.6 Å². The highest BCUT2D eigenvalue weighted by atomic mass is 16.7. The number of ether oxygens (including phenoxy) is 3. The molecule has 102 valence electrons. The maximum absolute atomic E-state index is 11.8. The van der Waals surface area contributed by atoms with E-state index in [1.165, 1.54) is 0 Å². The molecule has 0 aromatic carbocycles. The van der Waals surface area contributed by atoms with Gasteiger partial charge in [-0.05, 0) is 19.4 Å². The van der Waals surface area contributed by atoms with E-state index >= 15 is 0 Å². The van der Waals surface area contributed by atoms with Crippen LogP contribution >= 0.6 is 0 Å². The second-order valence-electron chi connectivity index (χ2n) is 4.70. The summed E-state index contributed by atoms with van der Waals surface area (Å²) in [5.74, 6) is 1.00. The van der Waals surface area contributed by atoms with Crippen molar-refractivity contribution in [2.45, 2.75) is 32.5 Å². The van der Waals surface area contributed by atoms with Gasteiger partial charge in [0.15, 0.2) is 6.29 Å². The molecule has 0 N–H and O–H groups in total. The minimum atomic E-state index is -0.327. The first-order valence-corrected chi connectivity index (χ1v) is 6.45. The van der Waals surface area contributed by atoms with E-state index in [1.807, 2.05) is 13.0 Å². The van der Waals surface area contributed by atoms with Gasteiger partial charge >= 0.3 is 5.97 Å². The lowest BCUT2D eigenvalue weighted by Gasteiger charge is -2.14. The molecule has 1 saturated heterocycles. The van der Waals surface area contributed by atoms with Crippen molar-refractivity contribution in [3.8, 4) is 0 Å². The predicted molar refractivity (Wildman–Crippen MR) is 65.6 cm³/mol. The van der Waals surface area contributed by atoms with E-state index in [9.17, 15) is 4.79 Å². The van der Waals surface area contributed by atoms with E-state index < -0.39 is 0 Å². The highest BCUT2D eigenvalue weighted by molar-refractivity contribution is 5.94. The minimum absolute atomic E-state index is 0.127. The summed E-state index contributed by atoms with van der Waals surface area (Å²) in [6.45, 7) is 3.16. The van der Waals surface area contributed by atoms with Gasteiger partial charge in [0.2, 0.25) is 0 Å². The van der Waals surface area contributed by atoms with E-state index in [0.29, 0.717) is 36.7 Å². The topological polar surface area (TPSA) is 57.9 Å². The second-order valence-corrected chi connectivity index (χ2v) is 4.70. The molecule has 19 heavy (non-hydrogen) atoms. The monoisotopic (exact) mass is 264 g/mol. The highest BCUT2D eigenvalue weighted by Gasteiger charge is 2.27. The van der Waals surface area contributed by atoms with Gasteiger partial charge in [-0.3, -0.25) is 0 Å². The van der Waals surface area contributed by atoms with E-state index in [1.54, 1.807) is 6.26 Å². The third-order valence-electron chi connectivity index (χ3n) is 3.28. The van der Waals surface area contributed by atoms with Crippen LogP contribution in [0.15, 0.2) is 22.5 Å². The summed E-state index contributed by atoms with van der Waals surface area (Å²) >= 11 is 0. The molecule has 5 heteroatoms. The Morgan fingerprint density at radius 2 is 2.16 bits per heavy atom. The highest BCUT2D eigenvalue weighted by Crippen LogP contribution is 2.27. The van der Waals surface area contributed by atoms with Crippen LogP contribution in [-0.2, 0) is 20.6 Å². The van der Waals surface area contributed by atoms with Crippen LogP contribution in [0.3, 0.4) is 0 Å². The van der Waals surface area contributed by atoms with Gasteiger partial charge in [-0.1, -0.05) is 0 Å². The number of furan rings is 1. The van der Waals surface area contributed by atoms with Crippen LogP contribution in [0, 0.1) is 6.92 Å². The van der Waals surface area contributed by atoms with Gasteiger partial charge in [-0.15, -0.1) is 0 Å². The van der Waals surface area contributed by atoms with Gasteiger partial charge in [0.05, 0.1) is 25.9 Å². The first-order valence-electron chi connectivity index (χ1n) is 6.45. The van der Waals surface area contributed by atoms with Crippen LogP contribution in [0.1, 0.15) is 34.5 Å². The fourth-order valence-corrected chi connectivity index (χ4v) is 2.33. The normalized spacial score (nSPS) is 21.7. The molecule has 0 bridgehead atoms. The lowest BCUT2D eigenvalue weighted by Crippen LogP contribution is -2.15. The summed E-state index contributed by atoms with van der Waals surface area (Å²) in [5.41, 5.74) is 1.39. The summed E-state index contributed by atoms with van der Waals surface area (Å²) < 4.78 is 21.4. The quantitative estimate of drug-likeness (QED) is 0.784. The maximum Gasteiger partial charge on any atom is 0.347 e. The number of carbonyl (C=O) groups excluding carboxylic acids is 1. The molecule has 0 amide bonds. The Hall–Kier alpha value is -1.59. The molecular formula is C14H16O5. The number of rotatable bonds is 3. The van der Waals surface area contributed by atoms with Gasteiger partial charge in [-0.2, -0.15) is 0 Å². The van der Waals surface area contributed by atoms with Gasteiger partial charge in [-0.25, -0.2) is 4.79 Å². The Labute approximate surface area is 111 Å². The molecule has 0 unspecified atom stereocenters. The Kier molecular flexibility index (Phi) is 3.40. The Bertz CT molecular complexity index is 508. The van der Waals surface area contributed by atoms with E-state index in [0.717, 1.165) is 18.4 Å². The second kappa shape index (κ2) is 5.19. The van der Waals surface area contributed by atoms with Crippen molar-refractivity contribution >= 4 is 5.97 Å². The van der Waals surface area contributed by atoms with Gasteiger partial charge in [0.1, 0.15) is 17.1 Å². The summed E-state index contributed by atoms with van der Waals surface area (Å²) in [7, 11) is 0. The number of aryl methyl sites for hydroxylation is 1. The smallest absolute Gasteiger partial charge is 0.347 e. The summed E-state index contributed by atoms with van der Waals surface area (Å²) in [5, 5.41) is 0. The molecule has 0 radical (unpaired) electrons. The van der Waals surface area contributed by atoms with E-state index in [2.05, 4.69) is 0 Å². The molecule has 0 atom stereocenters. The molecule has 0 saturated carbocycles. The van der Waals surface area contributed by atoms with Crippen molar-refractivity contribution in [2.75, 3.05) is 13.2 Å². The van der Waals surface area contributed by atoms with Crippen LogP contribution in [0.5, 0.6) is 0 Å². The molecular weight excluding hydrogens is 248 g/mol. The standard InChI is InChI=1S/C14H16O5/c1-9-8-18-11-7-10(19-14(15)13(9)11)3-2-4-12-16-5-6-17-12/h3,8,12H,2,4-7H2,1H3/b10-3-. The fraction of sp³-hybridized carbons (Fsp3) is 0.500. The molecule has 5 nitrogen and oxygen atoms in total. The lowest BCUT2D eigenvalue weighted by molar-refractivity contribution is -0.0458. The predicted octanol–water partition coefficient (Wildman–Crippen LogP) is 2.34. The number of hydrogen-bond acceptors (Lipinski definition) is 5. The molecule has 0 spiro atoms. The number of cyclic esters (lactones) is 1. The molecule has 3 rings (SSSR count). The van der Waals surface area contributed by atoms with Crippen LogP contribution < -0.4 is 0 Å². The number of carbonyl (C=O) groups is 1. The van der Waals surface area contributed by atoms with Crippen LogP contribution in [0.4, 0.5) is 0 Å². The average molecular weight is 264 g/mol. The van der Waals surface area contributed by atoms with Crippen molar-refractivity contribution in [2.24, 2.45) is 0 Å². The zero-order valence-corrected chi connectivity index (χ0v) is 10.8. The van der Waals surface area contributed by atoms with Crippen molar-refractivity contribution in [3.63, 3.8) is 0 Å². The lowest BCUT2D eigenvalue weighted by atomic mass is 10.1. The van der Waals surface area contributed by atoms with Crippen LogP contribution in [0.25, 0.3) is 0 Å². The van der Waals surface area contributed by atoms with Crippen molar-refractivity contribution in [3.05, 3.63) is 35.0 Å². The molecule has 1 fully saturated rings. The number of esters is 1. The molecule has 2 aliphatic heterocycles. The number of hydrogen-bond donors (Lipinski definition) is 0. The first kappa shape index (κ1) is 12.4. The maximum atomic E-state index is 11.8. The van der Waals surface area contributed by atoms with Gasteiger partial charge in [0.25, 0.3) is 0 Å². The van der Waals surface area contributed by atoms with Crippen molar-refractivity contribution in [1.29, 1.82) is 0 Å². The summed E-state index contributed by atoms with van der Waals surface area (Å²) in [6, 6.07) is 0. The Balaban J connectivity index is 1.62. The largest absolute Gasteiger partial charge is 0.468 e. The zero-order chi connectivity index (χ0) is 13.2. The minimum Gasteiger partial charge on any atom is -0.468 e. The van der Waals surface area contributed by atoms with Crippen molar-refractivity contribution in [1.82, 2.24) is 0 Å². The van der Waals surface area contributed by atoms with Crippen LogP contribution in [0.2, 0.25) is 0 Å². The van der Waals surface area contributed by atoms with E-state index in [-0.39, 0.29) is 12.3 Å². The van der Waals surface area contributed by atoms with Gasteiger partial charge < -0.3 is 18.6 Å². The molecule has 1 aromatic rings. The third-order valence-corrected chi connectivity index (χ3v) is 3.28. The number of allylic oxidation sites excluding steroid dienone is 2. The summed E-state index contributed by atoms with van der Waals surface area (Å²) in [6.07, 6.45) is 5.42. The Morgan fingerprint density at radius 1 is 1.37 bits per heavy atom. The average Bonchev–Trinajstić information content (AvgIpc) is 3.00.